The third kappa shape index (κ3) is 1.55. The molecule has 2 N–H and O–H groups in total. The average molecular weight is 268 g/mol. The van der Waals surface area contributed by atoms with Crippen LogP contribution in [-0.4, -0.2) is 5.78 Å². The van der Waals surface area contributed by atoms with Crippen LogP contribution in [0.3, 0.4) is 0 Å². The molecule has 0 radical (unpaired) electrons. The van der Waals surface area contributed by atoms with Crippen molar-refractivity contribution < 1.29 is 4.79 Å². The second kappa shape index (κ2) is 4.29. The maximum absolute atomic E-state index is 12.5. The Morgan fingerprint density at radius 3 is 2.68 bits per heavy atom. The van der Waals surface area contributed by atoms with Crippen molar-refractivity contribution in [3.63, 3.8) is 0 Å². The average Bonchev–Trinajstić information content (AvgIpc) is 2.71. The van der Waals surface area contributed by atoms with Crippen molar-refractivity contribution in [3.05, 3.63) is 51.6 Å². The number of hydrogen-bond donors (Lipinski definition) is 1. The second-order valence-electron chi connectivity index (χ2n) is 4.57. The van der Waals surface area contributed by atoms with E-state index in [2.05, 4.69) is 6.07 Å². The first-order chi connectivity index (χ1) is 9.19. The van der Waals surface area contributed by atoms with Crippen LogP contribution in [0.15, 0.2) is 40.4 Å². The number of thioether (sulfide) groups is 1. The lowest BCUT2D eigenvalue weighted by molar-refractivity contribution is 0.102. The lowest BCUT2D eigenvalue weighted by atomic mass is 9.87. The van der Waals surface area contributed by atoms with E-state index in [0.29, 0.717) is 17.0 Å². The highest BCUT2D eigenvalue weighted by Gasteiger charge is 2.39. The van der Waals surface area contributed by atoms with Crippen LogP contribution in [0.2, 0.25) is 0 Å². The van der Waals surface area contributed by atoms with Gasteiger partial charge in [-0.25, -0.2) is 0 Å². The summed E-state index contributed by atoms with van der Waals surface area (Å²) in [4.78, 5) is 13.5. The van der Waals surface area contributed by atoms with E-state index in [4.69, 9.17) is 5.73 Å². The minimum Gasteiger partial charge on any atom is -0.392 e. The zero-order valence-corrected chi connectivity index (χ0v) is 11.3. The first-order valence-corrected chi connectivity index (χ1v) is 6.96. The smallest absolute Gasteiger partial charge is 0.191 e. The zero-order valence-electron chi connectivity index (χ0n) is 10.4. The van der Waals surface area contributed by atoms with E-state index < -0.39 is 0 Å². The largest absolute Gasteiger partial charge is 0.392 e. The molecule has 3 rings (SSSR count). The summed E-state index contributed by atoms with van der Waals surface area (Å²) in [6.45, 7) is 1.98. The van der Waals surface area contributed by atoms with Gasteiger partial charge in [-0.05, 0) is 6.42 Å². The lowest BCUT2D eigenvalue weighted by Gasteiger charge is -2.23. The molecular weight excluding hydrogens is 256 g/mol. The first kappa shape index (κ1) is 12.1. The summed E-state index contributed by atoms with van der Waals surface area (Å²) >= 11 is 1.35. The Labute approximate surface area is 115 Å². The van der Waals surface area contributed by atoms with Gasteiger partial charge in [0, 0.05) is 27.5 Å². The minimum absolute atomic E-state index is 0.0465. The summed E-state index contributed by atoms with van der Waals surface area (Å²) in [5.74, 6) is -0.119. The fourth-order valence-corrected chi connectivity index (χ4v) is 3.87. The number of nitriles is 1. The molecule has 1 heterocycles. The summed E-state index contributed by atoms with van der Waals surface area (Å²) in [5.41, 5.74) is 8.95. The van der Waals surface area contributed by atoms with Gasteiger partial charge in [0.1, 0.15) is 0 Å². The number of fused-ring (bicyclic) bond motifs is 2. The second-order valence-corrected chi connectivity index (χ2v) is 5.62. The van der Waals surface area contributed by atoms with Gasteiger partial charge < -0.3 is 5.73 Å². The molecular formula is C15H12N2OS. The summed E-state index contributed by atoms with van der Waals surface area (Å²) in [6.07, 6.45) is 0.711. The quantitative estimate of drug-likeness (QED) is 0.850. The van der Waals surface area contributed by atoms with E-state index in [1.165, 1.54) is 11.8 Å². The van der Waals surface area contributed by atoms with E-state index in [9.17, 15) is 10.1 Å². The molecule has 94 valence electrons. The molecule has 1 aliphatic carbocycles. The minimum atomic E-state index is -0.166. The van der Waals surface area contributed by atoms with Crippen molar-refractivity contribution in [3.8, 4) is 6.07 Å². The number of nitrogens with two attached hydrogens (primary N) is 1. The molecule has 0 aromatic heterocycles. The molecule has 0 amide bonds. The van der Waals surface area contributed by atoms with Gasteiger partial charge in [0.15, 0.2) is 5.78 Å². The molecule has 1 aromatic rings. The van der Waals surface area contributed by atoms with Crippen LogP contribution in [0.1, 0.15) is 29.3 Å². The Balaban J connectivity index is 2.20. The molecule has 3 nitrogen and oxygen atoms in total. The summed E-state index contributed by atoms with van der Waals surface area (Å²) in [5, 5.41) is 9.78. The third-order valence-electron chi connectivity index (χ3n) is 3.61. The normalized spacial score (nSPS) is 21.3. The van der Waals surface area contributed by atoms with Crippen LogP contribution in [0.25, 0.3) is 4.91 Å². The summed E-state index contributed by atoms with van der Waals surface area (Å²) in [7, 11) is 0. The molecule has 0 saturated heterocycles. The first-order valence-electron chi connectivity index (χ1n) is 6.14. The number of benzene rings is 1. The predicted molar refractivity (Wildman–Crippen MR) is 75.9 cm³/mol. The SMILES string of the molecule is CCC1C(C#N)=C(N)SC2=C1C(=O)c1ccccc12. The van der Waals surface area contributed by atoms with Gasteiger partial charge in [0.25, 0.3) is 0 Å². The predicted octanol–water partition coefficient (Wildman–Crippen LogP) is 3.06. The van der Waals surface area contributed by atoms with Gasteiger partial charge in [0.05, 0.1) is 16.7 Å². The Hall–Kier alpha value is -1.99. The van der Waals surface area contributed by atoms with E-state index in [0.717, 1.165) is 21.6 Å². The molecule has 0 bridgehead atoms. The standard InChI is InChI=1S/C15H12N2OS/c1-2-8-11(7-16)15(17)19-14-10-6-4-3-5-9(10)13(18)12(8)14/h3-6,8H,2,17H2,1H3. The van der Waals surface area contributed by atoms with E-state index >= 15 is 0 Å². The molecule has 1 aliphatic heterocycles. The number of hydrogen-bond acceptors (Lipinski definition) is 4. The summed E-state index contributed by atoms with van der Waals surface area (Å²) < 4.78 is 0. The van der Waals surface area contributed by atoms with Gasteiger partial charge in [-0.1, -0.05) is 43.0 Å². The number of nitrogens with zero attached hydrogens (tertiary/aromatic N) is 1. The van der Waals surface area contributed by atoms with E-state index in [1.807, 2.05) is 31.2 Å². The van der Waals surface area contributed by atoms with Gasteiger partial charge in [-0.15, -0.1) is 0 Å². The number of ketones is 1. The highest BCUT2D eigenvalue weighted by atomic mass is 32.2. The zero-order chi connectivity index (χ0) is 13.6. The monoisotopic (exact) mass is 268 g/mol. The topological polar surface area (TPSA) is 66.9 Å². The van der Waals surface area contributed by atoms with Gasteiger partial charge >= 0.3 is 0 Å². The van der Waals surface area contributed by atoms with Crippen LogP contribution in [0.5, 0.6) is 0 Å². The number of Topliss-reactive ketones (excluding diaryl/α,β-unsaturated/α-hetero) is 1. The number of allylic oxidation sites excluding steroid dienone is 2. The maximum Gasteiger partial charge on any atom is 0.191 e. The van der Waals surface area contributed by atoms with Crippen molar-refractivity contribution in [2.24, 2.45) is 11.7 Å². The van der Waals surface area contributed by atoms with Crippen molar-refractivity contribution in [2.75, 3.05) is 0 Å². The van der Waals surface area contributed by atoms with Gasteiger partial charge in [0.2, 0.25) is 0 Å². The fourth-order valence-electron chi connectivity index (χ4n) is 2.72. The van der Waals surface area contributed by atoms with Crippen molar-refractivity contribution in [1.29, 1.82) is 5.26 Å². The van der Waals surface area contributed by atoms with Crippen molar-refractivity contribution >= 4 is 22.5 Å². The molecule has 1 aromatic carbocycles. The van der Waals surface area contributed by atoms with Crippen LogP contribution >= 0.6 is 11.8 Å². The molecule has 1 unspecified atom stereocenters. The molecule has 0 saturated carbocycles. The summed E-state index contributed by atoms with van der Waals surface area (Å²) in [6, 6.07) is 9.73. The van der Waals surface area contributed by atoms with E-state index in [1.54, 1.807) is 0 Å². The van der Waals surface area contributed by atoms with Crippen LogP contribution < -0.4 is 5.73 Å². The third-order valence-corrected chi connectivity index (χ3v) is 4.69. The van der Waals surface area contributed by atoms with Gasteiger partial charge in [-0.2, -0.15) is 5.26 Å². The molecule has 0 spiro atoms. The van der Waals surface area contributed by atoms with Crippen molar-refractivity contribution in [1.82, 2.24) is 0 Å². The highest BCUT2D eigenvalue weighted by Crippen LogP contribution is 2.51. The Morgan fingerprint density at radius 1 is 1.37 bits per heavy atom. The molecule has 1 atom stereocenters. The molecule has 0 fully saturated rings. The molecule has 19 heavy (non-hydrogen) atoms. The highest BCUT2D eigenvalue weighted by molar-refractivity contribution is 8.11. The van der Waals surface area contributed by atoms with Gasteiger partial charge in [-0.3, -0.25) is 4.79 Å². The Morgan fingerprint density at radius 2 is 2.05 bits per heavy atom. The number of carbonyl (C=O) groups is 1. The molecule has 4 heteroatoms. The van der Waals surface area contributed by atoms with E-state index in [-0.39, 0.29) is 11.7 Å². The van der Waals surface area contributed by atoms with Crippen LogP contribution in [0, 0.1) is 17.2 Å². The van der Waals surface area contributed by atoms with Crippen molar-refractivity contribution in [2.45, 2.75) is 13.3 Å². The number of rotatable bonds is 1. The Bertz CT molecular complexity index is 694. The Kier molecular flexibility index (Phi) is 2.72. The lowest BCUT2D eigenvalue weighted by Crippen LogP contribution is -2.18. The fraction of sp³-hybridized carbons (Fsp3) is 0.200. The van der Waals surface area contributed by atoms with Crippen LogP contribution in [-0.2, 0) is 0 Å². The van der Waals surface area contributed by atoms with Crippen LogP contribution in [0.4, 0.5) is 0 Å². The number of carbonyl (C=O) groups excluding carboxylic acids is 1. The molecule has 2 aliphatic rings. The maximum atomic E-state index is 12.5.